The molecular weight excluding hydrogens is 482 g/mol. The van der Waals surface area contributed by atoms with Crippen molar-refractivity contribution in [2.24, 2.45) is 0 Å². The van der Waals surface area contributed by atoms with Gasteiger partial charge in [-0.2, -0.15) is 0 Å². The number of carbonyl (C=O) groups is 3. The Balaban J connectivity index is 1.85. The highest BCUT2D eigenvalue weighted by Gasteiger charge is 2.60. The quantitative estimate of drug-likeness (QED) is 0.243. The first-order valence-electron chi connectivity index (χ1n) is 11.1. The van der Waals surface area contributed by atoms with Crippen molar-refractivity contribution in [1.82, 2.24) is 5.32 Å². The summed E-state index contributed by atoms with van der Waals surface area (Å²) in [4.78, 5) is 40.2. The predicted octanol–water partition coefficient (Wildman–Crippen LogP) is 4.13. The average molecular weight is 504 g/mol. The molecule has 0 aliphatic carbocycles. The molecule has 2 unspecified atom stereocenters. The highest BCUT2D eigenvalue weighted by molar-refractivity contribution is 6.30. The Labute approximate surface area is 213 Å². The number of ether oxygens (including phenoxy) is 3. The van der Waals surface area contributed by atoms with Gasteiger partial charge in [0.2, 0.25) is 0 Å². The number of rotatable bonds is 5. The van der Waals surface area contributed by atoms with Crippen LogP contribution in [-0.4, -0.2) is 37.1 Å². The van der Waals surface area contributed by atoms with Gasteiger partial charge >= 0.3 is 11.9 Å². The fourth-order valence-electron chi connectivity index (χ4n) is 3.83. The van der Waals surface area contributed by atoms with E-state index in [0.717, 1.165) is 0 Å². The lowest BCUT2D eigenvalue weighted by Gasteiger charge is -2.38. The molecule has 0 bridgehead atoms. The third-order valence-electron chi connectivity index (χ3n) is 5.65. The monoisotopic (exact) mass is 503 g/mol. The zero-order chi connectivity index (χ0) is 25.7. The summed E-state index contributed by atoms with van der Waals surface area (Å²) in [5, 5.41) is 3.15. The van der Waals surface area contributed by atoms with E-state index < -0.39 is 29.3 Å². The number of hydrogen-bond donors (Lipinski definition) is 1. The van der Waals surface area contributed by atoms with Gasteiger partial charge in [0.25, 0.3) is 11.4 Å². The molecule has 8 heteroatoms. The summed E-state index contributed by atoms with van der Waals surface area (Å²) in [6.45, 7) is 1.58. The number of carbonyl (C=O) groups excluding carboxylic acids is 3. The van der Waals surface area contributed by atoms with Crippen LogP contribution in [-0.2, 0) is 14.3 Å². The topological polar surface area (TPSA) is 90.9 Å². The van der Waals surface area contributed by atoms with E-state index in [2.05, 4.69) is 17.2 Å². The lowest BCUT2D eigenvalue weighted by Crippen LogP contribution is -2.66. The molecule has 0 radical (unpaired) electrons. The second-order valence-corrected chi connectivity index (χ2v) is 8.28. The first kappa shape index (κ1) is 24.8. The summed E-state index contributed by atoms with van der Waals surface area (Å²) in [7, 11) is 1.50. The van der Waals surface area contributed by atoms with E-state index in [9.17, 15) is 14.4 Å². The normalized spacial score (nSPS) is 18.1. The van der Waals surface area contributed by atoms with Gasteiger partial charge in [0.1, 0.15) is 11.5 Å². The number of nitrogens with one attached hydrogen (secondary N) is 1. The third-order valence-corrected chi connectivity index (χ3v) is 5.91. The minimum Gasteiger partial charge on any atom is -0.497 e. The van der Waals surface area contributed by atoms with Crippen molar-refractivity contribution in [2.45, 2.75) is 18.4 Å². The van der Waals surface area contributed by atoms with Crippen molar-refractivity contribution in [3.63, 3.8) is 0 Å². The molecule has 0 fully saturated rings. The Morgan fingerprint density at radius 2 is 1.75 bits per heavy atom. The van der Waals surface area contributed by atoms with Gasteiger partial charge in [0.15, 0.2) is 0 Å². The highest BCUT2D eigenvalue weighted by Crippen LogP contribution is 2.41. The molecule has 182 valence electrons. The lowest BCUT2D eigenvalue weighted by molar-refractivity contribution is -0.162. The molecule has 1 N–H and O–H groups in total. The number of para-hydroxylation sites is 1. The van der Waals surface area contributed by atoms with Crippen LogP contribution >= 0.6 is 11.6 Å². The van der Waals surface area contributed by atoms with Gasteiger partial charge in [0.05, 0.1) is 19.6 Å². The Morgan fingerprint density at radius 1 is 1.06 bits per heavy atom. The molecule has 3 aromatic carbocycles. The van der Waals surface area contributed by atoms with Crippen LogP contribution in [0.25, 0.3) is 0 Å². The molecule has 0 saturated heterocycles. The lowest BCUT2D eigenvalue weighted by atomic mass is 9.76. The summed E-state index contributed by atoms with van der Waals surface area (Å²) in [5.41, 5.74) is -0.979. The van der Waals surface area contributed by atoms with Crippen molar-refractivity contribution < 1.29 is 28.6 Å². The van der Waals surface area contributed by atoms with Crippen LogP contribution < -0.4 is 14.8 Å². The molecule has 1 amide bonds. The van der Waals surface area contributed by atoms with E-state index in [0.29, 0.717) is 21.9 Å². The number of hydrogen-bond acceptors (Lipinski definition) is 6. The van der Waals surface area contributed by atoms with E-state index in [1.165, 1.54) is 19.2 Å². The van der Waals surface area contributed by atoms with Gasteiger partial charge in [-0.25, -0.2) is 9.59 Å². The maximum absolute atomic E-state index is 13.5. The fraction of sp³-hybridized carbons (Fsp3) is 0.179. The molecule has 4 rings (SSSR count). The SMILES string of the molecule is CCOC(=O)C1(NC(=O)c2ccc(OC)cc2)C(=O)Oc2ccccc2C1C#Cc1ccc(Cl)cc1. The zero-order valence-electron chi connectivity index (χ0n) is 19.5. The Kier molecular flexibility index (Phi) is 7.28. The van der Waals surface area contributed by atoms with Crippen LogP contribution in [0.1, 0.15) is 34.3 Å². The molecule has 36 heavy (non-hydrogen) atoms. The Hall–Kier alpha value is -4.28. The predicted molar refractivity (Wildman–Crippen MR) is 133 cm³/mol. The summed E-state index contributed by atoms with van der Waals surface area (Å²) < 4.78 is 15.9. The summed E-state index contributed by atoms with van der Waals surface area (Å²) >= 11 is 5.98. The fourth-order valence-corrected chi connectivity index (χ4v) is 3.96. The van der Waals surface area contributed by atoms with E-state index in [4.69, 9.17) is 25.8 Å². The maximum atomic E-state index is 13.5. The highest BCUT2D eigenvalue weighted by atomic mass is 35.5. The van der Waals surface area contributed by atoms with Crippen LogP contribution in [0.4, 0.5) is 0 Å². The van der Waals surface area contributed by atoms with Crippen LogP contribution in [0.15, 0.2) is 72.8 Å². The molecule has 7 nitrogen and oxygen atoms in total. The second kappa shape index (κ2) is 10.5. The van der Waals surface area contributed by atoms with Crippen molar-refractivity contribution >= 4 is 29.4 Å². The molecule has 0 saturated carbocycles. The van der Waals surface area contributed by atoms with Crippen LogP contribution in [0.3, 0.4) is 0 Å². The largest absolute Gasteiger partial charge is 0.497 e. The first-order chi connectivity index (χ1) is 17.4. The molecule has 0 spiro atoms. The summed E-state index contributed by atoms with van der Waals surface area (Å²) in [6.07, 6.45) is 0. The number of esters is 2. The summed E-state index contributed by atoms with van der Waals surface area (Å²) in [6, 6.07) is 19.7. The van der Waals surface area contributed by atoms with Crippen LogP contribution in [0.2, 0.25) is 5.02 Å². The van der Waals surface area contributed by atoms with Crippen molar-refractivity contribution in [3.8, 4) is 23.3 Å². The molecule has 1 aliphatic rings. The number of amides is 1. The number of fused-ring (bicyclic) bond motifs is 1. The van der Waals surface area contributed by atoms with Gasteiger partial charge in [-0.1, -0.05) is 41.6 Å². The summed E-state index contributed by atoms with van der Waals surface area (Å²) in [5.74, 6) is 3.06. The Bertz CT molecular complexity index is 1360. The van der Waals surface area contributed by atoms with Gasteiger partial charge < -0.3 is 19.5 Å². The van der Waals surface area contributed by atoms with Gasteiger partial charge in [-0.3, -0.25) is 4.79 Å². The average Bonchev–Trinajstić information content (AvgIpc) is 2.89. The standard InChI is InChI=1S/C28H22ClNO6/c1-3-35-26(32)28(30-25(31)19-11-15-21(34-2)16-12-19)23(17-10-18-8-13-20(29)14-9-18)22-6-4-5-7-24(22)36-27(28)33/h4-9,11-16,23H,3H2,1-2H3,(H,30,31). The van der Waals surface area contributed by atoms with E-state index >= 15 is 0 Å². The minimum atomic E-state index is -2.25. The molecule has 0 aromatic heterocycles. The molecular formula is C28H22ClNO6. The number of methoxy groups -OCH3 is 1. The van der Waals surface area contributed by atoms with Crippen molar-refractivity contribution in [3.05, 3.63) is 94.5 Å². The van der Waals surface area contributed by atoms with E-state index in [1.54, 1.807) is 67.6 Å². The molecule has 3 aromatic rings. The second-order valence-electron chi connectivity index (χ2n) is 7.85. The van der Waals surface area contributed by atoms with E-state index in [1.807, 2.05) is 0 Å². The maximum Gasteiger partial charge on any atom is 0.350 e. The van der Waals surface area contributed by atoms with Gasteiger partial charge in [-0.05, 0) is 61.5 Å². The third kappa shape index (κ3) is 4.77. The first-order valence-corrected chi connectivity index (χ1v) is 11.5. The Morgan fingerprint density at radius 3 is 2.42 bits per heavy atom. The molecule has 2 atom stereocenters. The van der Waals surface area contributed by atoms with Crippen molar-refractivity contribution in [1.29, 1.82) is 0 Å². The van der Waals surface area contributed by atoms with Crippen LogP contribution in [0, 0.1) is 11.8 Å². The zero-order valence-corrected chi connectivity index (χ0v) is 20.3. The van der Waals surface area contributed by atoms with Crippen LogP contribution in [0.5, 0.6) is 11.5 Å². The van der Waals surface area contributed by atoms with Gasteiger partial charge in [0, 0.05) is 21.7 Å². The number of benzene rings is 3. The minimum absolute atomic E-state index is 0.0226. The van der Waals surface area contributed by atoms with Crippen molar-refractivity contribution in [2.75, 3.05) is 13.7 Å². The van der Waals surface area contributed by atoms with E-state index in [-0.39, 0.29) is 17.9 Å². The smallest absolute Gasteiger partial charge is 0.350 e. The van der Waals surface area contributed by atoms with Gasteiger partial charge in [-0.15, -0.1) is 0 Å². The number of halogens is 1. The molecule has 1 heterocycles. The molecule has 1 aliphatic heterocycles.